The molecule has 7 heteroatoms. The molecule has 6 nitrogen and oxygen atoms in total. The van der Waals surface area contributed by atoms with Gasteiger partial charge in [-0.2, -0.15) is 5.10 Å². The van der Waals surface area contributed by atoms with Crippen LogP contribution in [0.5, 0.6) is 0 Å². The Balaban J connectivity index is 1.86. The van der Waals surface area contributed by atoms with Crippen LogP contribution >= 0.6 is 0 Å². The molecule has 0 radical (unpaired) electrons. The summed E-state index contributed by atoms with van der Waals surface area (Å²) in [6, 6.07) is 15.2. The summed E-state index contributed by atoms with van der Waals surface area (Å²) in [4.78, 5) is 26.5. The van der Waals surface area contributed by atoms with Gasteiger partial charge < -0.3 is 10.2 Å². The van der Waals surface area contributed by atoms with Gasteiger partial charge in [-0.25, -0.2) is 14.2 Å². The molecule has 0 bridgehead atoms. The molecule has 0 saturated heterocycles. The topological polar surface area (TPSA) is 65.0 Å². The number of hydrazone groups is 1. The maximum atomic E-state index is 14.3. The van der Waals surface area contributed by atoms with Crippen molar-refractivity contribution < 1.29 is 14.0 Å². The van der Waals surface area contributed by atoms with Crippen molar-refractivity contribution >= 4 is 17.6 Å². The lowest BCUT2D eigenvalue weighted by Crippen LogP contribution is -2.45. The Morgan fingerprint density at radius 1 is 1.17 bits per heavy atom. The SMILES string of the molecule is CC(C)NC(=O)N(C)CC(=O)N1N=C(c2ccccc2F)CC1c1ccccc1. The minimum absolute atomic E-state index is 0.0328. The Labute approximate surface area is 170 Å². The number of urea groups is 1. The highest BCUT2D eigenvalue weighted by molar-refractivity contribution is 6.03. The molecule has 152 valence electrons. The van der Waals surface area contributed by atoms with E-state index >= 15 is 0 Å². The van der Waals surface area contributed by atoms with Crippen LogP contribution in [0, 0.1) is 5.82 Å². The fourth-order valence-electron chi connectivity index (χ4n) is 3.24. The van der Waals surface area contributed by atoms with Crippen LogP contribution in [0.15, 0.2) is 59.7 Å². The summed E-state index contributed by atoms with van der Waals surface area (Å²) in [5.74, 6) is -0.701. The van der Waals surface area contributed by atoms with Gasteiger partial charge >= 0.3 is 6.03 Å². The van der Waals surface area contributed by atoms with Crippen molar-refractivity contribution in [3.63, 3.8) is 0 Å². The van der Waals surface area contributed by atoms with E-state index in [9.17, 15) is 14.0 Å². The minimum Gasteiger partial charge on any atom is -0.336 e. The van der Waals surface area contributed by atoms with Crippen LogP contribution < -0.4 is 5.32 Å². The van der Waals surface area contributed by atoms with Crippen LogP contribution in [0.1, 0.15) is 37.4 Å². The maximum Gasteiger partial charge on any atom is 0.317 e. The van der Waals surface area contributed by atoms with Crippen LogP contribution in [0.2, 0.25) is 0 Å². The average molecular weight is 396 g/mol. The number of halogens is 1. The summed E-state index contributed by atoms with van der Waals surface area (Å²) >= 11 is 0. The van der Waals surface area contributed by atoms with Crippen LogP contribution in [-0.4, -0.2) is 47.2 Å². The first-order valence-corrected chi connectivity index (χ1v) is 9.58. The Hall–Kier alpha value is -3.22. The van der Waals surface area contributed by atoms with Gasteiger partial charge in [0.05, 0.1) is 11.8 Å². The van der Waals surface area contributed by atoms with Crippen LogP contribution in [0.25, 0.3) is 0 Å². The summed E-state index contributed by atoms with van der Waals surface area (Å²) in [6.45, 7) is 3.57. The lowest BCUT2D eigenvalue weighted by molar-refractivity contribution is -0.133. The Kier molecular flexibility index (Phi) is 6.26. The van der Waals surface area contributed by atoms with E-state index in [1.807, 2.05) is 44.2 Å². The molecule has 3 amide bonds. The Bertz CT molecular complexity index is 914. The van der Waals surface area contributed by atoms with Crippen molar-refractivity contribution in [1.29, 1.82) is 0 Å². The molecule has 0 fully saturated rings. The Morgan fingerprint density at radius 3 is 2.48 bits per heavy atom. The molecule has 0 spiro atoms. The maximum absolute atomic E-state index is 14.3. The number of hydrogen-bond donors (Lipinski definition) is 1. The zero-order valence-electron chi connectivity index (χ0n) is 16.8. The van der Waals surface area contributed by atoms with E-state index in [1.54, 1.807) is 25.2 Å². The van der Waals surface area contributed by atoms with E-state index in [0.29, 0.717) is 17.7 Å². The monoisotopic (exact) mass is 396 g/mol. The summed E-state index contributed by atoms with van der Waals surface area (Å²) in [5.41, 5.74) is 1.81. The highest BCUT2D eigenvalue weighted by atomic mass is 19.1. The molecular formula is C22H25FN4O2. The molecule has 29 heavy (non-hydrogen) atoms. The van der Waals surface area contributed by atoms with Gasteiger partial charge in [-0.1, -0.05) is 48.5 Å². The molecule has 1 heterocycles. The van der Waals surface area contributed by atoms with Gasteiger partial charge in [-0.15, -0.1) is 0 Å². The van der Waals surface area contributed by atoms with Gasteiger partial charge in [-0.05, 0) is 25.5 Å². The number of amides is 3. The number of hydrogen-bond acceptors (Lipinski definition) is 3. The first-order chi connectivity index (χ1) is 13.9. The zero-order valence-corrected chi connectivity index (χ0v) is 16.8. The molecule has 2 aromatic carbocycles. The van der Waals surface area contributed by atoms with E-state index < -0.39 is 0 Å². The normalized spacial score (nSPS) is 16.0. The summed E-state index contributed by atoms with van der Waals surface area (Å²) in [5, 5.41) is 8.58. The number of nitrogens with one attached hydrogen (secondary N) is 1. The zero-order chi connectivity index (χ0) is 21.0. The van der Waals surface area contributed by atoms with Crippen molar-refractivity contribution in [3.05, 3.63) is 71.5 Å². The number of rotatable bonds is 5. The van der Waals surface area contributed by atoms with Crippen molar-refractivity contribution in [1.82, 2.24) is 15.2 Å². The van der Waals surface area contributed by atoms with Crippen molar-refractivity contribution in [3.8, 4) is 0 Å². The molecule has 2 aromatic rings. The first-order valence-electron chi connectivity index (χ1n) is 9.58. The molecule has 1 N–H and O–H groups in total. The predicted octanol–water partition coefficient (Wildman–Crippen LogP) is 3.55. The molecule has 0 aliphatic carbocycles. The molecule has 1 aliphatic heterocycles. The Morgan fingerprint density at radius 2 is 1.83 bits per heavy atom. The number of benzene rings is 2. The van der Waals surface area contributed by atoms with Gasteiger partial charge in [0.1, 0.15) is 12.4 Å². The summed E-state index contributed by atoms with van der Waals surface area (Å²) < 4.78 is 14.3. The third-order valence-electron chi connectivity index (χ3n) is 4.67. The van der Waals surface area contributed by atoms with Gasteiger partial charge in [-0.3, -0.25) is 4.79 Å². The number of likely N-dealkylation sites (N-methyl/N-ethyl adjacent to an activating group) is 1. The van der Waals surface area contributed by atoms with E-state index in [4.69, 9.17) is 0 Å². The quantitative estimate of drug-likeness (QED) is 0.840. The van der Waals surface area contributed by atoms with Gasteiger partial charge in [0.2, 0.25) is 0 Å². The van der Waals surface area contributed by atoms with E-state index in [1.165, 1.54) is 16.0 Å². The van der Waals surface area contributed by atoms with Crippen molar-refractivity contribution in [2.75, 3.05) is 13.6 Å². The largest absolute Gasteiger partial charge is 0.336 e. The summed E-state index contributed by atoms with van der Waals surface area (Å²) in [6.07, 6.45) is 0.401. The van der Waals surface area contributed by atoms with Gasteiger partial charge in [0.25, 0.3) is 5.91 Å². The van der Waals surface area contributed by atoms with Crippen LogP contribution in [0.3, 0.4) is 0 Å². The minimum atomic E-state index is -0.374. The predicted molar refractivity (Wildman–Crippen MR) is 110 cm³/mol. The molecule has 1 unspecified atom stereocenters. The fraction of sp³-hybridized carbons (Fsp3) is 0.318. The van der Waals surface area contributed by atoms with E-state index in [2.05, 4.69) is 10.4 Å². The second-order valence-electron chi connectivity index (χ2n) is 7.36. The number of carbonyl (C=O) groups excluding carboxylic acids is 2. The smallest absolute Gasteiger partial charge is 0.317 e. The van der Waals surface area contributed by atoms with E-state index in [0.717, 1.165) is 5.56 Å². The molecule has 0 saturated carbocycles. The first kappa shape index (κ1) is 20.5. The molecule has 1 atom stereocenters. The van der Waals surface area contributed by atoms with Crippen molar-refractivity contribution in [2.24, 2.45) is 5.10 Å². The molecule has 0 aromatic heterocycles. The highest BCUT2D eigenvalue weighted by Crippen LogP contribution is 2.33. The number of carbonyl (C=O) groups is 2. The highest BCUT2D eigenvalue weighted by Gasteiger charge is 2.34. The number of nitrogens with zero attached hydrogens (tertiary/aromatic N) is 3. The molecule has 1 aliphatic rings. The lowest BCUT2D eigenvalue weighted by atomic mass is 9.98. The third-order valence-corrected chi connectivity index (χ3v) is 4.67. The molecule has 3 rings (SSSR count). The van der Waals surface area contributed by atoms with E-state index in [-0.39, 0.29) is 36.4 Å². The van der Waals surface area contributed by atoms with Crippen LogP contribution in [-0.2, 0) is 4.79 Å². The fourth-order valence-corrected chi connectivity index (χ4v) is 3.24. The standard InChI is InChI=1S/C22H25FN4O2/c1-15(2)24-22(29)26(3)14-21(28)27-20(16-9-5-4-6-10-16)13-19(25-27)17-11-7-8-12-18(17)23/h4-12,15,20H,13-14H2,1-3H3,(H,24,29). The lowest BCUT2D eigenvalue weighted by Gasteiger charge is -2.25. The average Bonchev–Trinajstić information content (AvgIpc) is 3.14. The van der Waals surface area contributed by atoms with Gasteiger partial charge in [0, 0.05) is 25.1 Å². The summed E-state index contributed by atoms with van der Waals surface area (Å²) in [7, 11) is 1.56. The molecular weight excluding hydrogens is 371 g/mol. The second-order valence-corrected chi connectivity index (χ2v) is 7.36. The second kappa shape index (κ2) is 8.86. The van der Waals surface area contributed by atoms with Crippen LogP contribution in [0.4, 0.5) is 9.18 Å². The van der Waals surface area contributed by atoms with Crippen molar-refractivity contribution in [2.45, 2.75) is 32.4 Å². The third kappa shape index (κ3) is 4.80. The van der Waals surface area contributed by atoms with Gasteiger partial charge in [0.15, 0.2) is 0 Å².